The second kappa shape index (κ2) is 10.7. The van der Waals surface area contributed by atoms with Crippen molar-refractivity contribution >= 4 is 35.6 Å². The van der Waals surface area contributed by atoms with Gasteiger partial charge in [0, 0.05) is 51.9 Å². The molecular formula is C22H36IN5O. The average molecular weight is 513 g/mol. The third kappa shape index (κ3) is 6.38. The van der Waals surface area contributed by atoms with E-state index in [0.29, 0.717) is 6.04 Å². The normalized spacial score (nSPS) is 21.8. The van der Waals surface area contributed by atoms with Gasteiger partial charge in [0.2, 0.25) is 0 Å². The number of halogens is 1. The maximum absolute atomic E-state index is 5.52. The smallest absolute Gasteiger partial charge is 0.191 e. The van der Waals surface area contributed by atoms with Crippen molar-refractivity contribution in [1.82, 2.24) is 15.5 Å². The van der Waals surface area contributed by atoms with Crippen LogP contribution in [0.15, 0.2) is 29.3 Å². The molecule has 0 radical (unpaired) electrons. The summed E-state index contributed by atoms with van der Waals surface area (Å²) in [6.45, 7) is 5.39. The number of hydrogen-bond donors (Lipinski definition) is 2. The van der Waals surface area contributed by atoms with Crippen LogP contribution in [0.5, 0.6) is 5.75 Å². The van der Waals surface area contributed by atoms with Crippen molar-refractivity contribution < 1.29 is 4.74 Å². The first-order chi connectivity index (χ1) is 13.8. The molecule has 2 aliphatic carbocycles. The van der Waals surface area contributed by atoms with Crippen LogP contribution in [0.4, 0.5) is 5.69 Å². The van der Waals surface area contributed by atoms with Crippen LogP contribution < -0.4 is 20.3 Å². The minimum Gasteiger partial charge on any atom is -0.495 e. The number of nitrogens with one attached hydrogen (secondary N) is 2. The van der Waals surface area contributed by atoms with Crippen LogP contribution in [0.25, 0.3) is 0 Å². The SMILES string of the molecule is CN=C(NCCN(CC1CC1)C1CC1)NC1CCN(c2ccccc2OC)C1.I. The Morgan fingerprint density at radius 3 is 2.69 bits per heavy atom. The number of methoxy groups -OCH3 is 1. The van der Waals surface area contributed by atoms with Crippen molar-refractivity contribution in [3.05, 3.63) is 24.3 Å². The summed E-state index contributed by atoms with van der Waals surface area (Å²) in [6, 6.07) is 9.52. The van der Waals surface area contributed by atoms with Gasteiger partial charge < -0.3 is 20.3 Å². The molecular weight excluding hydrogens is 477 g/mol. The van der Waals surface area contributed by atoms with E-state index in [0.717, 1.165) is 56.3 Å². The van der Waals surface area contributed by atoms with Crippen molar-refractivity contribution in [3.8, 4) is 5.75 Å². The van der Waals surface area contributed by atoms with Crippen LogP contribution in [0.2, 0.25) is 0 Å². The topological polar surface area (TPSA) is 52.1 Å². The van der Waals surface area contributed by atoms with Gasteiger partial charge in [-0.3, -0.25) is 9.89 Å². The Bertz CT molecular complexity index is 677. The molecule has 1 aromatic rings. The zero-order valence-electron chi connectivity index (χ0n) is 17.8. The Balaban J connectivity index is 0.00000240. The van der Waals surface area contributed by atoms with Crippen LogP contribution in [0.3, 0.4) is 0 Å². The number of para-hydroxylation sites is 2. The summed E-state index contributed by atoms with van der Waals surface area (Å²) in [4.78, 5) is 9.53. The standard InChI is InChI=1S/C22H35N5O.HI/c1-23-22(24-12-14-26(19-9-10-19)15-17-7-8-17)25-18-11-13-27(16-18)20-5-3-4-6-21(20)28-2;/h3-6,17-19H,7-16H2,1-2H3,(H2,23,24,25);1H. The first kappa shape index (κ1) is 22.5. The fourth-order valence-electron chi connectivity index (χ4n) is 4.19. The van der Waals surface area contributed by atoms with Crippen LogP contribution in [0.1, 0.15) is 32.1 Å². The first-order valence-corrected chi connectivity index (χ1v) is 10.9. The summed E-state index contributed by atoms with van der Waals surface area (Å²) < 4.78 is 5.52. The van der Waals surface area contributed by atoms with Gasteiger partial charge in [0.05, 0.1) is 12.8 Å². The molecule has 1 aliphatic heterocycles. The van der Waals surface area contributed by atoms with Gasteiger partial charge in [-0.1, -0.05) is 12.1 Å². The molecule has 2 saturated carbocycles. The number of aliphatic imine (C=N–C) groups is 1. The van der Waals surface area contributed by atoms with E-state index in [1.54, 1.807) is 7.11 Å². The molecule has 0 amide bonds. The number of benzene rings is 1. The minimum absolute atomic E-state index is 0. The van der Waals surface area contributed by atoms with Gasteiger partial charge in [0.1, 0.15) is 5.75 Å². The lowest BCUT2D eigenvalue weighted by Crippen LogP contribution is -2.47. The number of ether oxygens (including phenoxy) is 1. The van der Waals surface area contributed by atoms with Crippen molar-refractivity contribution in [2.75, 3.05) is 51.8 Å². The number of nitrogens with zero attached hydrogens (tertiary/aromatic N) is 3. The molecule has 3 aliphatic rings. The van der Waals surface area contributed by atoms with E-state index >= 15 is 0 Å². The van der Waals surface area contributed by atoms with Gasteiger partial charge in [0.25, 0.3) is 0 Å². The molecule has 0 spiro atoms. The van der Waals surface area contributed by atoms with Crippen molar-refractivity contribution in [2.24, 2.45) is 10.9 Å². The molecule has 162 valence electrons. The molecule has 1 saturated heterocycles. The Morgan fingerprint density at radius 1 is 1.21 bits per heavy atom. The van der Waals surface area contributed by atoms with E-state index < -0.39 is 0 Å². The lowest BCUT2D eigenvalue weighted by molar-refractivity contribution is 0.256. The van der Waals surface area contributed by atoms with Crippen LogP contribution in [-0.2, 0) is 0 Å². The Hall–Kier alpha value is -1.22. The highest BCUT2D eigenvalue weighted by molar-refractivity contribution is 14.0. The highest BCUT2D eigenvalue weighted by atomic mass is 127. The van der Waals surface area contributed by atoms with Crippen molar-refractivity contribution in [1.29, 1.82) is 0 Å². The number of hydrogen-bond acceptors (Lipinski definition) is 4. The van der Waals surface area contributed by atoms with E-state index in [2.05, 4.69) is 37.6 Å². The molecule has 0 aromatic heterocycles. The molecule has 1 unspecified atom stereocenters. The Labute approximate surface area is 192 Å². The van der Waals surface area contributed by atoms with E-state index in [1.807, 2.05) is 19.2 Å². The molecule has 2 N–H and O–H groups in total. The molecule has 6 nitrogen and oxygen atoms in total. The molecule has 1 atom stereocenters. The predicted octanol–water partition coefficient (Wildman–Crippen LogP) is 2.93. The monoisotopic (exact) mass is 513 g/mol. The van der Waals surface area contributed by atoms with Crippen LogP contribution in [0, 0.1) is 5.92 Å². The lowest BCUT2D eigenvalue weighted by atomic mass is 10.2. The van der Waals surface area contributed by atoms with Gasteiger partial charge in [-0.05, 0) is 50.2 Å². The Kier molecular flexibility index (Phi) is 8.29. The second-order valence-electron chi connectivity index (χ2n) is 8.42. The van der Waals surface area contributed by atoms with Gasteiger partial charge >= 0.3 is 0 Å². The molecule has 7 heteroatoms. The summed E-state index contributed by atoms with van der Waals surface area (Å²) in [6.07, 6.45) is 6.75. The maximum Gasteiger partial charge on any atom is 0.191 e. The van der Waals surface area contributed by atoms with Crippen molar-refractivity contribution in [2.45, 2.75) is 44.2 Å². The van der Waals surface area contributed by atoms with Gasteiger partial charge in [-0.15, -0.1) is 24.0 Å². The summed E-state index contributed by atoms with van der Waals surface area (Å²) in [5, 5.41) is 7.15. The van der Waals surface area contributed by atoms with Crippen molar-refractivity contribution in [3.63, 3.8) is 0 Å². The fraction of sp³-hybridized carbons (Fsp3) is 0.682. The quantitative estimate of drug-likeness (QED) is 0.302. The zero-order valence-corrected chi connectivity index (χ0v) is 20.1. The summed E-state index contributed by atoms with van der Waals surface area (Å²) >= 11 is 0. The summed E-state index contributed by atoms with van der Waals surface area (Å²) in [7, 11) is 3.61. The largest absolute Gasteiger partial charge is 0.495 e. The van der Waals surface area contributed by atoms with E-state index in [-0.39, 0.29) is 24.0 Å². The second-order valence-corrected chi connectivity index (χ2v) is 8.42. The maximum atomic E-state index is 5.52. The van der Waals surface area contributed by atoms with E-state index in [9.17, 15) is 0 Å². The molecule has 0 bridgehead atoms. The van der Waals surface area contributed by atoms with Crippen LogP contribution in [-0.4, -0.2) is 69.8 Å². The van der Waals surface area contributed by atoms with E-state index in [4.69, 9.17) is 4.74 Å². The average Bonchev–Trinajstić information content (AvgIpc) is 3.65. The molecule has 3 fully saturated rings. The molecule has 1 aromatic carbocycles. The van der Waals surface area contributed by atoms with Crippen LogP contribution >= 0.6 is 24.0 Å². The number of guanidine groups is 1. The minimum atomic E-state index is 0. The Morgan fingerprint density at radius 2 is 2.00 bits per heavy atom. The third-order valence-electron chi connectivity index (χ3n) is 6.12. The summed E-state index contributed by atoms with van der Waals surface area (Å²) in [5.74, 6) is 2.84. The zero-order chi connectivity index (χ0) is 19.3. The first-order valence-electron chi connectivity index (χ1n) is 10.9. The summed E-state index contributed by atoms with van der Waals surface area (Å²) in [5.41, 5.74) is 1.18. The predicted molar refractivity (Wildman–Crippen MR) is 131 cm³/mol. The van der Waals surface area contributed by atoms with Gasteiger partial charge in [0.15, 0.2) is 5.96 Å². The fourth-order valence-corrected chi connectivity index (χ4v) is 4.19. The molecule has 29 heavy (non-hydrogen) atoms. The molecule has 4 rings (SSSR count). The molecule has 1 heterocycles. The number of anilines is 1. The highest BCUT2D eigenvalue weighted by Gasteiger charge is 2.33. The van der Waals surface area contributed by atoms with Gasteiger partial charge in [-0.2, -0.15) is 0 Å². The number of rotatable bonds is 9. The third-order valence-corrected chi connectivity index (χ3v) is 6.12. The van der Waals surface area contributed by atoms with Gasteiger partial charge in [-0.25, -0.2) is 0 Å². The van der Waals surface area contributed by atoms with E-state index in [1.165, 1.54) is 37.9 Å². The lowest BCUT2D eigenvalue weighted by Gasteiger charge is -2.24. The highest BCUT2D eigenvalue weighted by Crippen LogP contribution is 2.34.